The van der Waals surface area contributed by atoms with Gasteiger partial charge in [0.05, 0.1) is 21.7 Å². The highest BCUT2D eigenvalue weighted by Gasteiger charge is 2.15. The molecule has 2 aromatic rings. The first-order valence-corrected chi connectivity index (χ1v) is 6.30. The molecule has 0 fully saturated rings. The van der Waals surface area contributed by atoms with Gasteiger partial charge in [-0.15, -0.1) is 11.3 Å². The molecule has 19 heavy (non-hydrogen) atoms. The van der Waals surface area contributed by atoms with Crippen LogP contribution in [-0.2, 0) is 6.42 Å². The molecule has 2 aromatic heterocycles. The van der Waals surface area contributed by atoms with E-state index in [2.05, 4.69) is 15.3 Å². The zero-order valence-corrected chi connectivity index (χ0v) is 10.6. The van der Waals surface area contributed by atoms with Crippen molar-refractivity contribution in [1.29, 1.82) is 5.26 Å². The number of thiazole rings is 1. The molecule has 0 saturated carbocycles. The maximum atomic E-state index is 10.9. The highest BCUT2D eigenvalue weighted by Crippen LogP contribution is 2.22. The van der Waals surface area contributed by atoms with Gasteiger partial charge in [-0.1, -0.05) is 0 Å². The maximum Gasteiger partial charge on any atom is 0.312 e. The minimum Gasteiger partial charge on any atom is -0.364 e. The van der Waals surface area contributed by atoms with E-state index in [-0.39, 0.29) is 17.1 Å². The lowest BCUT2D eigenvalue weighted by atomic mass is 10.2. The fraction of sp³-hybridized carbons (Fsp3) is 0.182. The number of nitriles is 1. The zero-order valence-electron chi connectivity index (χ0n) is 9.74. The van der Waals surface area contributed by atoms with Gasteiger partial charge in [0.15, 0.2) is 0 Å². The van der Waals surface area contributed by atoms with Gasteiger partial charge in [-0.05, 0) is 0 Å². The van der Waals surface area contributed by atoms with Crippen molar-refractivity contribution in [3.8, 4) is 6.07 Å². The van der Waals surface area contributed by atoms with Crippen LogP contribution in [0, 0.1) is 21.4 Å². The molecule has 0 aliphatic heterocycles. The van der Waals surface area contributed by atoms with Crippen molar-refractivity contribution in [3.63, 3.8) is 0 Å². The van der Waals surface area contributed by atoms with E-state index in [0.29, 0.717) is 13.0 Å². The number of aromatic nitrogens is 2. The fourth-order valence-corrected chi connectivity index (χ4v) is 2.05. The van der Waals surface area contributed by atoms with E-state index in [1.54, 1.807) is 5.51 Å². The van der Waals surface area contributed by atoms with Gasteiger partial charge in [0, 0.05) is 30.6 Å². The average Bonchev–Trinajstić information content (AvgIpc) is 2.92. The van der Waals surface area contributed by atoms with Crippen molar-refractivity contribution in [1.82, 2.24) is 9.97 Å². The van der Waals surface area contributed by atoms with Crippen molar-refractivity contribution in [3.05, 3.63) is 44.5 Å². The third-order valence-electron chi connectivity index (χ3n) is 2.35. The smallest absolute Gasteiger partial charge is 0.312 e. The van der Waals surface area contributed by atoms with E-state index in [0.717, 1.165) is 5.69 Å². The Hall–Kier alpha value is -2.53. The van der Waals surface area contributed by atoms with Crippen molar-refractivity contribution in [2.75, 3.05) is 11.9 Å². The number of nitro groups is 1. The second-order valence-corrected chi connectivity index (χ2v) is 4.34. The first-order valence-electron chi connectivity index (χ1n) is 5.36. The summed E-state index contributed by atoms with van der Waals surface area (Å²) in [5.41, 5.74) is 2.63. The van der Waals surface area contributed by atoms with E-state index < -0.39 is 4.92 Å². The van der Waals surface area contributed by atoms with Crippen LogP contribution in [0.1, 0.15) is 11.3 Å². The summed E-state index contributed by atoms with van der Waals surface area (Å²) in [5, 5.41) is 24.4. The quantitative estimate of drug-likeness (QED) is 0.660. The molecule has 0 atom stereocenters. The van der Waals surface area contributed by atoms with Crippen LogP contribution in [-0.4, -0.2) is 21.4 Å². The lowest BCUT2D eigenvalue weighted by molar-refractivity contribution is -0.384. The Morgan fingerprint density at radius 2 is 2.37 bits per heavy atom. The monoisotopic (exact) mass is 275 g/mol. The summed E-state index contributed by atoms with van der Waals surface area (Å²) in [5.74, 6) is 0.166. The minimum absolute atomic E-state index is 0.164. The third-order valence-corrected chi connectivity index (χ3v) is 2.99. The van der Waals surface area contributed by atoms with Crippen molar-refractivity contribution < 1.29 is 4.92 Å². The molecular weight excluding hydrogens is 266 g/mol. The molecule has 1 N–H and O–H groups in total. The molecule has 0 aliphatic carbocycles. The zero-order chi connectivity index (χ0) is 13.7. The predicted molar refractivity (Wildman–Crippen MR) is 69.9 cm³/mol. The summed E-state index contributed by atoms with van der Waals surface area (Å²) in [6, 6.07) is 3.03. The first kappa shape index (κ1) is 12.9. The Bertz CT molecular complexity index is 621. The van der Waals surface area contributed by atoms with Crippen LogP contribution >= 0.6 is 11.3 Å². The van der Waals surface area contributed by atoms with E-state index in [4.69, 9.17) is 5.26 Å². The lowest BCUT2D eigenvalue weighted by Crippen LogP contribution is -2.08. The lowest BCUT2D eigenvalue weighted by Gasteiger charge is -2.05. The van der Waals surface area contributed by atoms with Crippen molar-refractivity contribution in [2.45, 2.75) is 6.42 Å². The van der Waals surface area contributed by atoms with Crippen LogP contribution in [0.15, 0.2) is 23.2 Å². The van der Waals surface area contributed by atoms with Gasteiger partial charge in [0.25, 0.3) is 0 Å². The van der Waals surface area contributed by atoms with Crippen LogP contribution in [0.3, 0.4) is 0 Å². The maximum absolute atomic E-state index is 10.9. The van der Waals surface area contributed by atoms with Gasteiger partial charge < -0.3 is 5.32 Å². The highest BCUT2D eigenvalue weighted by atomic mass is 32.1. The van der Waals surface area contributed by atoms with Crippen LogP contribution in [0.5, 0.6) is 0 Å². The van der Waals surface area contributed by atoms with Crippen LogP contribution in [0.2, 0.25) is 0 Å². The normalized spacial score (nSPS) is 9.84. The topological polar surface area (TPSA) is 105 Å². The summed E-state index contributed by atoms with van der Waals surface area (Å²) >= 11 is 1.50. The molecule has 8 heteroatoms. The molecule has 0 unspecified atom stereocenters. The Morgan fingerprint density at radius 1 is 1.53 bits per heavy atom. The summed E-state index contributed by atoms with van der Waals surface area (Å²) in [7, 11) is 0. The molecule has 0 aliphatic rings. The number of nitrogens with one attached hydrogen (secondary N) is 1. The molecule has 2 heterocycles. The molecule has 7 nitrogen and oxygen atoms in total. The molecule has 0 bridgehead atoms. The SMILES string of the molecule is N#Cc1cnc(NCCc2cscn2)c([N+](=O)[O-])c1. The number of hydrogen-bond donors (Lipinski definition) is 1. The second kappa shape index (κ2) is 5.88. The number of nitrogens with zero attached hydrogens (tertiary/aromatic N) is 4. The molecule has 0 radical (unpaired) electrons. The van der Waals surface area contributed by atoms with Crippen LogP contribution in [0.4, 0.5) is 11.5 Å². The Balaban J connectivity index is 2.07. The molecule has 0 aromatic carbocycles. The molecule has 0 saturated heterocycles. The number of hydrogen-bond acceptors (Lipinski definition) is 7. The second-order valence-electron chi connectivity index (χ2n) is 3.62. The van der Waals surface area contributed by atoms with Crippen molar-refractivity contribution in [2.24, 2.45) is 0 Å². The van der Waals surface area contributed by atoms with E-state index in [1.165, 1.54) is 23.6 Å². The van der Waals surface area contributed by atoms with E-state index in [9.17, 15) is 10.1 Å². The van der Waals surface area contributed by atoms with Gasteiger partial charge in [0.2, 0.25) is 5.82 Å². The summed E-state index contributed by atoms with van der Waals surface area (Å²) in [6.45, 7) is 0.490. The van der Waals surface area contributed by atoms with Gasteiger partial charge in [-0.3, -0.25) is 10.1 Å². The standard InChI is InChI=1S/C11H9N5O2S/c12-4-8-3-10(16(17)18)11(14-5-8)13-2-1-9-6-19-7-15-9/h3,5-7H,1-2H2,(H,13,14). The molecule has 0 amide bonds. The average molecular weight is 275 g/mol. The number of rotatable bonds is 5. The number of pyridine rings is 1. The Kier molecular flexibility index (Phi) is 4.00. The van der Waals surface area contributed by atoms with E-state index >= 15 is 0 Å². The van der Waals surface area contributed by atoms with Gasteiger partial charge >= 0.3 is 5.69 Å². The summed E-state index contributed by atoms with van der Waals surface area (Å²) in [6.07, 6.45) is 1.96. The van der Waals surface area contributed by atoms with Gasteiger partial charge in [-0.2, -0.15) is 5.26 Å². The highest BCUT2D eigenvalue weighted by molar-refractivity contribution is 7.07. The molecule has 0 spiro atoms. The largest absolute Gasteiger partial charge is 0.364 e. The Labute approximate surface area is 112 Å². The minimum atomic E-state index is -0.557. The van der Waals surface area contributed by atoms with Crippen LogP contribution in [0.25, 0.3) is 0 Å². The van der Waals surface area contributed by atoms with Gasteiger partial charge in [0.1, 0.15) is 6.07 Å². The van der Waals surface area contributed by atoms with E-state index in [1.807, 2.05) is 11.4 Å². The Morgan fingerprint density at radius 3 is 3.00 bits per heavy atom. The summed E-state index contributed by atoms with van der Waals surface area (Å²) < 4.78 is 0. The molecule has 2 rings (SSSR count). The molecule has 96 valence electrons. The van der Waals surface area contributed by atoms with Crippen molar-refractivity contribution >= 4 is 22.8 Å². The van der Waals surface area contributed by atoms with Crippen LogP contribution < -0.4 is 5.32 Å². The predicted octanol–water partition coefficient (Wildman–Crippen LogP) is 1.97. The fourth-order valence-electron chi connectivity index (χ4n) is 1.46. The summed E-state index contributed by atoms with van der Waals surface area (Å²) in [4.78, 5) is 18.3. The number of anilines is 1. The third kappa shape index (κ3) is 3.23. The van der Waals surface area contributed by atoms with Gasteiger partial charge in [-0.25, -0.2) is 9.97 Å². The molecular formula is C11H9N5O2S. The first-order chi connectivity index (χ1) is 9.20.